The van der Waals surface area contributed by atoms with Crippen LogP contribution in [0.25, 0.3) is 0 Å². The Morgan fingerprint density at radius 3 is 2.11 bits per heavy atom. The molecule has 35 heavy (non-hydrogen) atoms. The molecule has 1 atom stereocenters. The molecule has 1 unspecified atom stereocenters. The molecular weight excluding hydrogens is 473 g/mol. The van der Waals surface area contributed by atoms with Crippen molar-refractivity contribution in [3.05, 3.63) is 71.8 Å². The highest BCUT2D eigenvalue weighted by Crippen LogP contribution is 2.50. The number of carbonyl (C=O) groups excluding carboxylic acids is 2. The van der Waals surface area contributed by atoms with Gasteiger partial charge >= 0.3 is 19.7 Å². The molecular formula is C24H32N3O7P. The fraction of sp³-hybridized carbons (Fsp3) is 0.375. The zero-order valence-electron chi connectivity index (χ0n) is 20.0. The van der Waals surface area contributed by atoms with E-state index in [9.17, 15) is 14.2 Å². The Labute approximate surface area is 205 Å². The minimum atomic E-state index is -4.19. The molecule has 0 radical (unpaired) electrons. The summed E-state index contributed by atoms with van der Waals surface area (Å²) in [6.07, 6.45) is 1.71. The number of hydrogen-bond donors (Lipinski definition) is 1. The molecule has 0 amide bonds. The van der Waals surface area contributed by atoms with Gasteiger partial charge < -0.3 is 20.1 Å². The molecule has 0 aliphatic heterocycles. The van der Waals surface area contributed by atoms with Crippen molar-refractivity contribution in [3.63, 3.8) is 0 Å². The minimum Gasteiger partial charge on any atom is -0.459 e. The maximum atomic E-state index is 13.2. The molecule has 10 nitrogen and oxygen atoms in total. The number of nitrogens with two attached hydrogens (primary N) is 1. The second kappa shape index (κ2) is 14.9. The first-order valence-electron chi connectivity index (χ1n) is 11.2. The lowest BCUT2D eigenvalue weighted by Gasteiger charge is -2.20. The number of ether oxygens (including phenoxy) is 2. The van der Waals surface area contributed by atoms with Gasteiger partial charge in [-0.3, -0.25) is 18.6 Å². The molecule has 0 fully saturated rings. The lowest BCUT2D eigenvalue weighted by atomic mass is 10.2. The molecule has 0 aliphatic carbocycles. The molecule has 0 saturated heterocycles. The number of nitrogens with zero attached hydrogens (tertiary/aromatic N) is 2. The van der Waals surface area contributed by atoms with Gasteiger partial charge in [0.15, 0.2) is 0 Å². The van der Waals surface area contributed by atoms with Gasteiger partial charge in [0.05, 0.1) is 6.61 Å². The van der Waals surface area contributed by atoms with Crippen molar-refractivity contribution in [1.82, 2.24) is 4.90 Å². The van der Waals surface area contributed by atoms with E-state index in [1.807, 2.05) is 43.3 Å². The summed E-state index contributed by atoms with van der Waals surface area (Å²) < 4.78 is 38.0. The van der Waals surface area contributed by atoms with Crippen molar-refractivity contribution in [3.8, 4) is 0 Å². The van der Waals surface area contributed by atoms with Crippen LogP contribution in [-0.4, -0.2) is 43.2 Å². The van der Waals surface area contributed by atoms with E-state index in [0.717, 1.165) is 17.5 Å². The van der Waals surface area contributed by atoms with E-state index in [1.165, 1.54) is 11.9 Å². The fourth-order valence-corrected chi connectivity index (χ4v) is 3.73. The average molecular weight is 506 g/mol. The zero-order chi connectivity index (χ0) is 25.5. The van der Waals surface area contributed by atoms with E-state index < -0.39 is 26.5 Å². The highest BCUT2D eigenvalue weighted by Gasteiger charge is 2.27. The predicted molar refractivity (Wildman–Crippen MR) is 131 cm³/mol. The first-order chi connectivity index (χ1) is 16.8. The summed E-state index contributed by atoms with van der Waals surface area (Å²) in [5.74, 6) is -1.31. The van der Waals surface area contributed by atoms with Crippen LogP contribution in [-0.2, 0) is 45.9 Å². The monoisotopic (exact) mass is 505 g/mol. The number of rotatable bonds is 14. The van der Waals surface area contributed by atoms with E-state index in [0.29, 0.717) is 6.42 Å². The van der Waals surface area contributed by atoms with Crippen LogP contribution in [0.4, 0.5) is 0 Å². The van der Waals surface area contributed by atoms with E-state index in [4.69, 9.17) is 24.3 Å². The van der Waals surface area contributed by atoms with Gasteiger partial charge in [0.2, 0.25) is 12.8 Å². The Balaban J connectivity index is 1.99. The third kappa shape index (κ3) is 11.2. The topological polar surface area (TPSA) is 130 Å². The molecule has 2 aromatic rings. The van der Waals surface area contributed by atoms with E-state index in [2.05, 4.69) is 4.76 Å². The summed E-state index contributed by atoms with van der Waals surface area (Å²) >= 11 is 0. The number of esters is 2. The summed E-state index contributed by atoms with van der Waals surface area (Å²) in [7, 11) is -2.71. The van der Waals surface area contributed by atoms with Crippen LogP contribution in [0, 0.1) is 0 Å². The van der Waals surface area contributed by atoms with Gasteiger partial charge in [-0.1, -0.05) is 74.0 Å². The highest BCUT2D eigenvalue weighted by atomic mass is 31.2. The van der Waals surface area contributed by atoms with Gasteiger partial charge in [0, 0.05) is 13.5 Å². The number of likely N-dealkylation sites (N-methyl/N-ethyl adjacent to an activating group) is 1. The maximum absolute atomic E-state index is 13.2. The standard InChI is InChI=1S/C24H32N3O7P/c1-3-4-15-22(28)32-19-34-35(30,33-18-21-13-9-6-10-14-21)26-24(25)27(2)16-23(29)31-17-20-11-7-5-8-12-20/h5-14H,3-4,15-19H2,1-2H3,(H2,25,26,30). The van der Waals surface area contributed by atoms with Crippen LogP contribution in [0.15, 0.2) is 65.4 Å². The van der Waals surface area contributed by atoms with Crippen LogP contribution in [0.5, 0.6) is 0 Å². The molecule has 2 aromatic carbocycles. The molecule has 0 aliphatic rings. The van der Waals surface area contributed by atoms with Gasteiger partial charge in [-0.25, -0.2) is 4.57 Å². The summed E-state index contributed by atoms with van der Waals surface area (Å²) in [5.41, 5.74) is 7.52. The van der Waals surface area contributed by atoms with Crippen LogP contribution >= 0.6 is 7.75 Å². The highest BCUT2D eigenvalue weighted by molar-refractivity contribution is 7.52. The van der Waals surface area contributed by atoms with Crippen molar-refractivity contribution in [1.29, 1.82) is 0 Å². The summed E-state index contributed by atoms with van der Waals surface area (Å²) in [5, 5.41) is 0. The first-order valence-corrected chi connectivity index (χ1v) is 12.7. The Hall–Kier alpha value is -3.20. The SMILES string of the molecule is CCCCC(=O)OCOP(=O)(N=C(N)N(C)CC(=O)OCc1ccccc1)OCc1ccccc1. The Morgan fingerprint density at radius 2 is 1.51 bits per heavy atom. The van der Waals surface area contributed by atoms with Gasteiger partial charge in [-0.05, 0) is 17.5 Å². The van der Waals surface area contributed by atoms with Crippen molar-refractivity contribution >= 4 is 25.6 Å². The van der Waals surface area contributed by atoms with E-state index in [-0.39, 0.29) is 32.1 Å². The second-order valence-corrected chi connectivity index (χ2v) is 9.21. The molecule has 2 rings (SSSR count). The van der Waals surface area contributed by atoms with Crippen LogP contribution < -0.4 is 5.73 Å². The lowest BCUT2D eigenvalue weighted by molar-refractivity contribution is -0.150. The smallest absolute Gasteiger partial charge is 0.459 e. The number of unbranched alkanes of at least 4 members (excludes halogenated alkanes) is 1. The van der Waals surface area contributed by atoms with Crippen molar-refractivity contribution in [2.45, 2.75) is 39.4 Å². The third-order valence-electron chi connectivity index (χ3n) is 4.63. The van der Waals surface area contributed by atoms with Crippen molar-refractivity contribution in [2.24, 2.45) is 10.5 Å². The molecule has 11 heteroatoms. The summed E-state index contributed by atoms with van der Waals surface area (Å²) in [4.78, 5) is 25.2. The van der Waals surface area contributed by atoms with Gasteiger partial charge in [0.25, 0.3) is 0 Å². The maximum Gasteiger partial charge on any atom is 0.460 e. The molecule has 0 bridgehead atoms. The largest absolute Gasteiger partial charge is 0.460 e. The van der Waals surface area contributed by atoms with Crippen molar-refractivity contribution in [2.75, 3.05) is 20.4 Å². The molecule has 0 aromatic heterocycles. The van der Waals surface area contributed by atoms with Crippen LogP contribution in [0.1, 0.15) is 37.3 Å². The zero-order valence-corrected chi connectivity index (χ0v) is 20.9. The number of hydrogen-bond acceptors (Lipinski definition) is 7. The predicted octanol–water partition coefficient (Wildman–Crippen LogP) is 4.01. The second-order valence-electron chi connectivity index (χ2n) is 7.55. The minimum absolute atomic E-state index is 0.0818. The normalized spacial score (nSPS) is 13.0. The van der Waals surface area contributed by atoms with Crippen molar-refractivity contribution < 1.29 is 32.7 Å². The van der Waals surface area contributed by atoms with Gasteiger partial charge in [-0.2, -0.15) is 0 Å². The average Bonchev–Trinajstić information content (AvgIpc) is 2.86. The number of guanidine groups is 1. The third-order valence-corrected chi connectivity index (χ3v) is 5.97. The number of benzene rings is 2. The Bertz CT molecular complexity index is 1000. The quantitative estimate of drug-likeness (QED) is 0.133. The van der Waals surface area contributed by atoms with Gasteiger partial charge in [0.1, 0.15) is 13.2 Å². The molecule has 0 spiro atoms. The van der Waals surface area contributed by atoms with E-state index in [1.54, 1.807) is 24.3 Å². The number of carbonyl (C=O) groups is 2. The lowest BCUT2D eigenvalue weighted by Crippen LogP contribution is -2.38. The van der Waals surface area contributed by atoms with E-state index >= 15 is 0 Å². The molecule has 0 saturated carbocycles. The first kappa shape index (κ1) is 28.0. The Kier molecular flexibility index (Phi) is 12.0. The fourth-order valence-electron chi connectivity index (χ4n) is 2.64. The summed E-state index contributed by atoms with van der Waals surface area (Å²) in [6.45, 7) is 1.11. The van der Waals surface area contributed by atoms with Crippen LogP contribution in [0.3, 0.4) is 0 Å². The van der Waals surface area contributed by atoms with Gasteiger partial charge in [-0.15, -0.1) is 4.76 Å². The Morgan fingerprint density at radius 1 is 0.914 bits per heavy atom. The summed E-state index contributed by atoms with van der Waals surface area (Å²) in [6, 6.07) is 18.2. The molecule has 190 valence electrons. The molecule has 2 N–H and O–H groups in total. The van der Waals surface area contributed by atoms with Crippen LogP contribution in [0.2, 0.25) is 0 Å². The molecule has 0 heterocycles.